The number of hydrogen-bond acceptors (Lipinski definition) is 5. The van der Waals surface area contributed by atoms with Gasteiger partial charge in [0.2, 0.25) is 11.0 Å². The highest BCUT2D eigenvalue weighted by molar-refractivity contribution is 8.01. The van der Waals surface area contributed by atoms with Crippen molar-refractivity contribution in [2.45, 2.75) is 31.0 Å². The van der Waals surface area contributed by atoms with Crippen molar-refractivity contribution in [3.63, 3.8) is 0 Å². The number of anilines is 1. The number of amides is 1. The molecule has 1 amide bonds. The van der Waals surface area contributed by atoms with Crippen LogP contribution in [0.5, 0.6) is 0 Å². The van der Waals surface area contributed by atoms with Crippen LogP contribution >= 0.6 is 34.7 Å². The van der Waals surface area contributed by atoms with E-state index in [0.29, 0.717) is 10.2 Å². The van der Waals surface area contributed by atoms with Crippen LogP contribution in [0.2, 0.25) is 5.02 Å². The lowest BCUT2D eigenvalue weighted by atomic mass is 9.88. The smallest absolute Gasteiger partial charge is 0.234 e. The number of nitrogens with one attached hydrogen (secondary N) is 1. The summed E-state index contributed by atoms with van der Waals surface area (Å²) in [6.07, 6.45) is 0. The molecule has 0 unspecified atom stereocenters. The minimum absolute atomic E-state index is 0.0680. The van der Waals surface area contributed by atoms with Gasteiger partial charge in [-0.2, -0.15) is 0 Å². The first-order valence-electron chi connectivity index (χ1n) is 7.04. The quantitative estimate of drug-likeness (QED) is 0.603. The molecule has 0 radical (unpaired) electrons. The third-order valence-electron chi connectivity index (χ3n) is 3.08. The van der Waals surface area contributed by atoms with Crippen LogP contribution in [-0.4, -0.2) is 21.9 Å². The summed E-state index contributed by atoms with van der Waals surface area (Å²) in [5.74, 6) is 0.783. The summed E-state index contributed by atoms with van der Waals surface area (Å²) in [4.78, 5) is 12.6. The Hall–Kier alpha value is -1.11. The number of thioether (sulfide) groups is 1. The van der Waals surface area contributed by atoms with Gasteiger partial charge < -0.3 is 0 Å². The van der Waals surface area contributed by atoms with Crippen LogP contribution in [0.25, 0.3) is 0 Å². The zero-order valence-electron chi connectivity index (χ0n) is 12.7. The Morgan fingerprint density at radius 1 is 1.32 bits per heavy atom. The monoisotopic (exact) mass is 355 g/mol. The van der Waals surface area contributed by atoms with E-state index in [-0.39, 0.29) is 17.7 Å². The van der Waals surface area contributed by atoms with E-state index in [1.807, 2.05) is 26.0 Å². The molecule has 0 bridgehead atoms. The van der Waals surface area contributed by atoms with Crippen molar-refractivity contribution in [1.29, 1.82) is 0 Å². The molecular weight excluding hydrogens is 338 g/mol. The van der Waals surface area contributed by atoms with E-state index in [1.165, 1.54) is 11.3 Å². The van der Waals surface area contributed by atoms with Crippen molar-refractivity contribution in [2.75, 3.05) is 11.1 Å². The molecule has 118 valence electrons. The Labute approximate surface area is 143 Å². The van der Waals surface area contributed by atoms with Crippen LogP contribution in [0, 0.1) is 5.92 Å². The van der Waals surface area contributed by atoms with Crippen LogP contribution in [0.15, 0.2) is 28.6 Å². The fourth-order valence-corrected chi connectivity index (χ4v) is 3.91. The Balaban J connectivity index is 2.14. The molecule has 7 heteroatoms. The van der Waals surface area contributed by atoms with E-state index >= 15 is 0 Å². The maximum Gasteiger partial charge on any atom is 0.234 e. The number of benzene rings is 1. The molecule has 0 saturated heterocycles. The second-order valence-corrected chi connectivity index (χ2v) is 7.99. The first kappa shape index (κ1) is 17.2. The summed E-state index contributed by atoms with van der Waals surface area (Å²) < 4.78 is 0.866. The molecule has 1 heterocycles. The van der Waals surface area contributed by atoms with Crippen molar-refractivity contribution in [3.8, 4) is 0 Å². The van der Waals surface area contributed by atoms with Crippen LogP contribution in [0.1, 0.15) is 32.3 Å². The minimum Gasteiger partial charge on any atom is -0.300 e. The van der Waals surface area contributed by atoms with E-state index in [0.717, 1.165) is 15.7 Å². The van der Waals surface area contributed by atoms with Gasteiger partial charge in [0.05, 0.1) is 5.92 Å². The van der Waals surface area contributed by atoms with Crippen molar-refractivity contribution < 1.29 is 4.79 Å². The fraction of sp³-hybridized carbons (Fsp3) is 0.400. The zero-order valence-corrected chi connectivity index (χ0v) is 15.1. The number of carbonyl (C=O) groups excluding carboxylic acids is 1. The van der Waals surface area contributed by atoms with E-state index < -0.39 is 0 Å². The fourth-order valence-electron chi connectivity index (χ4n) is 2.13. The number of rotatable bonds is 6. The van der Waals surface area contributed by atoms with Gasteiger partial charge in [0, 0.05) is 5.02 Å². The predicted octanol–water partition coefficient (Wildman–Crippen LogP) is 4.68. The van der Waals surface area contributed by atoms with Gasteiger partial charge in [0.25, 0.3) is 0 Å². The average Bonchev–Trinajstić information content (AvgIpc) is 2.88. The normalized spacial score (nSPS) is 12.4. The van der Waals surface area contributed by atoms with Crippen molar-refractivity contribution in [3.05, 3.63) is 34.9 Å². The average molecular weight is 356 g/mol. The lowest BCUT2D eigenvalue weighted by molar-refractivity contribution is -0.118. The molecule has 0 aliphatic carbocycles. The van der Waals surface area contributed by atoms with E-state index in [1.54, 1.807) is 23.9 Å². The lowest BCUT2D eigenvalue weighted by Gasteiger charge is -2.20. The summed E-state index contributed by atoms with van der Waals surface area (Å²) in [7, 11) is 0. The van der Waals surface area contributed by atoms with Gasteiger partial charge in [-0.3, -0.25) is 10.1 Å². The summed E-state index contributed by atoms with van der Waals surface area (Å²) in [5.41, 5.74) is 0.949. The molecular formula is C15H18ClN3OS2. The maximum atomic E-state index is 12.6. The van der Waals surface area contributed by atoms with Gasteiger partial charge in [0.15, 0.2) is 4.34 Å². The summed E-state index contributed by atoms with van der Waals surface area (Å²) in [6, 6.07) is 7.40. The van der Waals surface area contributed by atoms with Gasteiger partial charge in [-0.05, 0) is 29.4 Å². The lowest BCUT2D eigenvalue weighted by Crippen LogP contribution is -2.25. The highest BCUT2D eigenvalue weighted by Crippen LogP contribution is 2.29. The number of nitrogens with zero attached hydrogens (tertiary/aromatic N) is 2. The number of carbonyl (C=O) groups is 1. The van der Waals surface area contributed by atoms with Crippen LogP contribution in [-0.2, 0) is 4.79 Å². The van der Waals surface area contributed by atoms with Crippen LogP contribution in [0.3, 0.4) is 0 Å². The van der Waals surface area contributed by atoms with E-state index in [4.69, 9.17) is 11.6 Å². The first-order valence-corrected chi connectivity index (χ1v) is 9.22. The predicted molar refractivity (Wildman–Crippen MR) is 94.0 cm³/mol. The van der Waals surface area contributed by atoms with E-state index in [9.17, 15) is 4.79 Å². The van der Waals surface area contributed by atoms with Crippen molar-refractivity contribution in [2.24, 2.45) is 5.92 Å². The third kappa shape index (κ3) is 4.44. The summed E-state index contributed by atoms with van der Waals surface area (Å²) >= 11 is 8.93. The third-order valence-corrected chi connectivity index (χ3v) is 5.19. The van der Waals surface area contributed by atoms with Gasteiger partial charge in [-0.15, -0.1) is 10.2 Å². The number of halogens is 1. The number of hydrogen-bond donors (Lipinski definition) is 1. The van der Waals surface area contributed by atoms with Gasteiger partial charge in [-0.1, -0.05) is 67.6 Å². The molecule has 2 aromatic rings. The van der Waals surface area contributed by atoms with E-state index in [2.05, 4.69) is 22.4 Å². The molecule has 2 rings (SSSR count). The zero-order chi connectivity index (χ0) is 16.1. The Bertz CT molecular complexity index is 628. The van der Waals surface area contributed by atoms with Gasteiger partial charge in [0.1, 0.15) is 0 Å². The Kier molecular flexibility index (Phi) is 6.23. The Morgan fingerprint density at radius 3 is 2.59 bits per heavy atom. The molecule has 22 heavy (non-hydrogen) atoms. The molecule has 1 atom stereocenters. The van der Waals surface area contributed by atoms with Gasteiger partial charge >= 0.3 is 0 Å². The molecule has 4 nitrogen and oxygen atoms in total. The molecule has 1 aromatic carbocycles. The van der Waals surface area contributed by atoms with Crippen molar-refractivity contribution in [1.82, 2.24) is 10.2 Å². The minimum atomic E-state index is -0.247. The molecule has 1 aromatic heterocycles. The largest absolute Gasteiger partial charge is 0.300 e. The SMILES string of the molecule is CCSc1nnc(NC(=O)[C@@H](c2ccc(Cl)cc2)C(C)C)s1. The maximum absolute atomic E-state index is 12.6. The van der Waals surface area contributed by atoms with Crippen LogP contribution in [0.4, 0.5) is 5.13 Å². The molecule has 0 aliphatic heterocycles. The standard InChI is InChI=1S/C15H18ClN3OS2/c1-4-21-15-19-18-14(22-15)17-13(20)12(9(2)3)10-5-7-11(16)8-6-10/h5-9,12H,4H2,1-3H3,(H,17,18,20)/t12-/m1/s1. The highest BCUT2D eigenvalue weighted by atomic mass is 35.5. The number of aromatic nitrogens is 2. The first-order chi connectivity index (χ1) is 10.5. The highest BCUT2D eigenvalue weighted by Gasteiger charge is 2.25. The van der Waals surface area contributed by atoms with Crippen LogP contribution < -0.4 is 5.32 Å². The molecule has 1 N–H and O–H groups in total. The molecule has 0 fully saturated rings. The van der Waals surface area contributed by atoms with Crippen molar-refractivity contribution >= 4 is 45.7 Å². The Morgan fingerprint density at radius 2 is 2.00 bits per heavy atom. The van der Waals surface area contributed by atoms with Gasteiger partial charge in [-0.25, -0.2) is 0 Å². The molecule has 0 saturated carbocycles. The molecule has 0 aliphatic rings. The second-order valence-electron chi connectivity index (χ2n) is 5.07. The molecule has 0 spiro atoms. The second kappa shape index (κ2) is 7.94. The summed E-state index contributed by atoms with van der Waals surface area (Å²) in [6.45, 7) is 6.11. The topological polar surface area (TPSA) is 54.9 Å². The summed E-state index contributed by atoms with van der Waals surface area (Å²) in [5, 5.41) is 12.1.